The lowest BCUT2D eigenvalue weighted by molar-refractivity contribution is -0.132. The van der Waals surface area contributed by atoms with Crippen LogP contribution in [-0.2, 0) is 30.5 Å². The number of carbonyl (C=O) groups excluding carboxylic acids is 5. The van der Waals surface area contributed by atoms with Gasteiger partial charge in [0.1, 0.15) is 12.1 Å². The van der Waals surface area contributed by atoms with E-state index in [2.05, 4.69) is 16.0 Å². The second-order valence-corrected chi connectivity index (χ2v) is 6.67. The molecule has 0 heterocycles. The van der Waals surface area contributed by atoms with Crippen LogP contribution < -0.4 is 21.7 Å². The predicted octanol–water partition coefficient (Wildman–Crippen LogP) is -0.443. The van der Waals surface area contributed by atoms with Crippen molar-refractivity contribution in [2.24, 2.45) is 5.73 Å². The SMILES string of the molecule is CC(=O)N[C@@H](CCC(N)=O)C(=O)N[C@@H](CCC(=O)C=N)C(=O)NCc1ccccc1. The molecule has 10 heteroatoms. The number of hydrogen-bond acceptors (Lipinski definition) is 6. The molecule has 1 rings (SSSR count). The van der Waals surface area contributed by atoms with Crippen molar-refractivity contribution in [3.63, 3.8) is 0 Å². The Morgan fingerprint density at radius 2 is 1.57 bits per heavy atom. The average Bonchev–Trinajstić information content (AvgIpc) is 2.72. The molecule has 1 aromatic carbocycles. The maximum absolute atomic E-state index is 12.6. The second kappa shape index (κ2) is 12.8. The molecule has 0 radical (unpaired) electrons. The average molecular weight is 417 g/mol. The van der Waals surface area contributed by atoms with Crippen molar-refractivity contribution in [2.75, 3.05) is 0 Å². The van der Waals surface area contributed by atoms with E-state index >= 15 is 0 Å². The molecule has 0 aliphatic heterocycles. The van der Waals surface area contributed by atoms with E-state index in [0.717, 1.165) is 5.56 Å². The van der Waals surface area contributed by atoms with Gasteiger partial charge in [-0.15, -0.1) is 0 Å². The summed E-state index contributed by atoms with van der Waals surface area (Å²) in [5.74, 6) is -2.79. The molecule has 0 saturated carbocycles. The maximum atomic E-state index is 12.6. The van der Waals surface area contributed by atoms with E-state index in [1.807, 2.05) is 30.3 Å². The standard InChI is InChI=1S/C20H27N5O5/c1-13(26)24-17(9-10-18(22)28)20(30)25-16(8-7-15(27)11-21)19(29)23-12-14-5-3-2-4-6-14/h2-6,11,16-17,21H,7-10,12H2,1H3,(H2,22,28)(H,23,29)(H,24,26)(H,25,30)/t16-,17-/m0/s1. The molecule has 0 fully saturated rings. The fraction of sp³-hybridized carbons (Fsp3) is 0.400. The van der Waals surface area contributed by atoms with Gasteiger partial charge >= 0.3 is 0 Å². The van der Waals surface area contributed by atoms with Crippen LogP contribution in [0.15, 0.2) is 30.3 Å². The Morgan fingerprint density at radius 1 is 0.967 bits per heavy atom. The first kappa shape index (κ1) is 24.5. The van der Waals surface area contributed by atoms with E-state index in [4.69, 9.17) is 11.1 Å². The van der Waals surface area contributed by atoms with E-state index in [-0.39, 0.29) is 32.2 Å². The molecule has 30 heavy (non-hydrogen) atoms. The van der Waals surface area contributed by atoms with Gasteiger partial charge in [-0.25, -0.2) is 0 Å². The summed E-state index contributed by atoms with van der Waals surface area (Å²) in [5, 5.41) is 14.6. The first-order chi connectivity index (χ1) is 14.2. The normalized spacial score (nSPS) is 12.2. The Morgan fingerprint density at radius 3 is 2.13 bits per heavy atom. The highest BCUT2D eigenvalue weighted by atomic mass is 16.2. The zero-order chi connectivity index (χ0) is 22.5. The number of primary amides is 1. The van der Waals surface area contributed by atoms with Crippen LogP contribution in [0.2, 0.25) is 0 Å². The van der Waals surface area contributed by atoms with Crippen LogP contribution in [0.5, 0.6) is 0 Å². The fourth-order valence-corrected chi connectivity index (χ4v) is 2.61. The molecule has 0 aliphatic rings. The molecule has 2 atom stereocenters. The van der Waals surface area contributed by atoms with Crippen molar-refractivity contribution in [3.05, 3.63) is 35.9 Å². The lowest BCUT2D eigenvalue weighted by Gasteiger charge is -2.22. The van der Waals surface area contributed by atoms with Crippen LogP contribution in [0, 0.1) is 5.41 Å². The van der Waals surface area contributed by atoms with Gasteiger partial charge in [-0.05, 0) is 18.4 Å². The first-order valence-electron chi connectivity index (χ1n) is 9.43. The van der Waals surface area contributed by atoms with Crippen molar-refractivity contribution < 1.29 is 24.0 Å². The zero-order valence-corrected chi connectivity index (χ0v) is 16.8. The van der Waals surface area contributed by atoms with E-state index < -0.39 is 41.5 Å². The van der Waals surface area contributed by atoms with Crippen molar-refractivity contribution in [1.29, 1.82) is 5.41 Å². The number of amides is 4. The van der Waals surface area contributed by atoms with Gasteiger partial charge in [-0.1, -0.05) is 30.3 Å². The summed E-state index contributed by atoms with van der Waals surface area (Å²) >= 11 is 0. The summed E-state index contributed by atoms with van der Waals surface area (Å²) in [5.41, 5.74) is 5.96. The van der Waals surface area contributed by atoms with Gasteiger partial charge in [0.15, 0.2) is 5.78 Å². The Labute approximate surface area is 174 Å². The minimum Gasteiger partial charge on any atom is -0.370 e. The Bertz CT molecular complexity index is 781. The van der Waals surface area contributed by atoms with Crippen molar-refractivity contribution in [2.45, 2.75) is 51.2 Å². The highest BCUT2D eigenvalue weighted by Gasteiger charge is 2.26. The highest BCUT2D eigenvalue weighted by Crippen LogP contribution is 2.04. The van der Waals surface area contributed by atoms with Gasteiger partial charge in [0.2, 0.25) is 23.6 Å². The number of nitrogens with one attached hydrogen (secondary N) is 4. The van der Waals surface area contributed by atoms with Crippen LogP contribution in [0.1, 0.15) is 38.2 Å². The third-order valence-corrected chi connectivity index (χ3v) is 4.16. The van der Waals surface area contributed by atoms with Gasteiger partial charge in [-0.3, -0.25) is 24.0 Å². The molecular formula is C20H27N5O5. The van der Waals surface area contributed by atoms with Gasteiger partial charge in [0.05, 0.1) is 6.21 Å². The van der Waals surface area contributed by atoms with Crippen LogP contribution in [0.3, 0.4) is 0 Å². The molecule has 0 spiro atoms. The smallest absolute Gasteiger partial charge is 0.243 e. The lowest BCUT2D eigenvalue weighted by atomic mass is 10.1. The summed E-state index contributed by atoms with van der Waals surface area (Å²) in [7, 11) is 0. The summed E-state index contributed by atoms with van der Waals surface area (Å²) in [6.45, 7) is 1.44. The quantitative estimate of drug-likeness (QED) is 0.273. The summed E-state index contributed by atoms with van der Waals surface area (Å²) in [6, 6.07) is 7.01. The Hall–Kier alpha value is -3.56. The van der Waals surface area contributed by atoms with Crippen LogP contribution in [0.25, 0.3) is 0 Å². The van der Waals surface area contributed by atoms with Gasteiger partial charge < -0.3 is 27.1 Å². The molecule has 1 aromatic rings. The number of rotatable bonds is 13. The van der Waals surface area contributed by atoms with Gasteiger partial charge in [-0.2, -0.15) is 0 Å². The minimum absolute atomic E-state index is 0.0246. The topological polar surface area (TPSA) is 171 Å². The predicted molar refractivity (Wildman–Crippen MR) is 109 cm³/mol. The third-order valence-electron chi connectivity index (χ3n) is 4.16. The monoisotopic (exact) mass is 417 g/mol. The third kappa shape index (κ3) is 9.58. The molecule has 0 unspecified atom stereocenters. The minimum atomic E-state index is -1.06. The molecule has 162 valence electrons. The van der Waals surface area contributed by atoms with Gasteiger partial charge in [0, 0.05) is 26.3 Å². The number of hydrogen-bond donors (Lipinski definition) is 5. The highest BCUT2D eigenvalue weighted by molar-refractivity contribution is 6.26. The summed E-state index contributed by atoms with van der Waals surface area (Å²) < 4.78 is 0. The molecule has 10 nitrogen and oxygen atoms in total. The van der Waals surface area contributed by atoms with Crippen molar-refractivity contribution in [1.82, 2.24) is 16.0 Å². The van der Waals surface area contributed by atoms with Crippen LogP contribution in [0.4, 0.5) is 0 Å². The molecule has 0 aliphatic carbocycles. The molecule has 0 bridgehead atoms. The van der Waals surface area contributed by atoms with Crippen LogP contribution in [-0.4, -0.2) is 47.7 Å². The van der Waals surface area contributed by atoms with E-state index in [0.29, 0.717) is 6.21 Å². The van der Waals surface area contributed by atoms with E-state index in [1.165, 1.54) is 6.92 Å². The molecule has 0 saturated heterocycles. The molecule has 0 aromatic heterocycles. The number of Topliss-reactive ketones (excluding diaryl/α,β-unsaturated/α-hetero) is 1. The number of benzene rings is 1. The molecule has 6 N–H and O–H groups in total. The maximum Gasteiger partial charge on any atom is 0.243 e. The van der Waals surface area contributed by atoms with Gasteiger partial charge in [0.25, 0.3) is 0 Å². The molecular weight excluding hydrogens is 390 g/mol. The summed E-state index contributed by atoms with van der Waals surface area (Å²) in [4.78, 5) is 59.1. The Balaban J connectivity index is 2.84. The van der Waals surface area contributed by atoms with E-state index in [1.54, 1.807) is 0 Å². The van der Waals surface area contributed by atoms with E-state index in [9.17, 15) is 24.0 Å². The number of ketones is 1. The van der Waals surface area contributed by atoms with Crippen molar-refractivity contribution >= 4 is 35.6 Å². The van der Waals surface area contributed by atoms with Crippen LogP contribution >= 0.6 is 0 Å². The zero-order valence-electron chi connectivity index (χ0n) is 16.8. The Kier molecular flexibility index (Phi) is 10.5. The lowest BCUT2D eigenvalue weighted by Crippen LogP contribution is -2.53. The van der Waals surface area contributed by atoms with Crippen molar-refractivity contribution in [3.8, 4) is 0 Å². The second-order valence-electron chi connectivity index (χ2n) is 6.67. The summed E-state index contributed by atoms with van der Waals surface area (Å²) in [6.07, 6.45) is 0.351. The fourth-order valence-electron chi connectivity index (χ4n) is 2.61. The number of carbonyl (C=O) groups is 5. The largest absolute Gasteiger partial charge is 0.370 e. The molecule has 4 amide bonds. The first-order valence-corrected chi connectivity index (χ1v) is 9.43. The number of nitrogens with two attached hydrogens (primary N) is 1.